The molecule has 1 N–H and O–H groups in total. The molecule has 3 nitrogen and oxygen atoms in total. The van der Waals surface area contributed by atoms with E-state index in [1.54, 1.807) is 0 Å². The van der Waals surface area contributed by atoms with Crippen LogP contribution >= 0.6 is 0 Å². The zero-order valence-electron chi connectivity index (χ0n) is 17.8. The van der Waals surface area contributed by atoms with Crippen molar-refractivity contribution in [2.75, 3.05) is 26.3 Å². The highest BCUT2D eigenvalue weighted by atomic mass is 28.4. The highest BCUT2D eigenvalue weighted by Crippen LogP contribution is 2.36. The van der Waals surface area contributed by atoms with Gasteiger partial charge in [0.1, 0.15) is 5.75 Å². The van der Waals surface area contributed by atoms with E-state index in [9.17, 15) is 0 Å². The van der Waals surface area contributed by atoms with Crippen molar-refractivity contribution in [3.8, 4) is 5.75 Å². The van der Waals surface area contributed by atoms with Gasteiger partial charge in [0.2, 0.25) is 0 Å². The Morgan fingerprint density at radius 3 is 2.35 bits per heavy atom. The molecule has 1 heterocycles. The van der Waals surface area contributed by atoms with Crippen LogP contribution in [0.25, 0.3) is 0 Å². The summed E-state index contributed by atoms with van der Waals surface area (Å²) >= 11 is 0. The number of aryl methyl sites for hydroxylation is 1. The number of hydrogen-bond donors (Lipinski definition) is 1. The average Bonchev–Trinajstić information content (AvgIpc) is 2.58. The normalized spacial score (nSPS) is 16.7. The molecular formula is C22H39NO2Si. The lowest BCUT2D eigenvalue weighted by Gasteiger charge is -2.36. The Hall–Kier alpha value is -0.843. The van der Waals surface area contributed by atoms with Crippen molar-refractivity contribution in [1.29, 1.82) is 0 Å². The maximum Gasteiger partial charge on any atom is 0.191 e. The molecule has 1 saturated heterocycles. The maximum absolute atomic E-state index is 6.23. The predicted octanol–water partition coefficient (Wildman–Crippen LogP) is 5.64. The summed E-state index contributed by atoms with van der Waals surface area (Å²) in [5, 5.41) is 3.73. The average molecular weight is 378 g/mol. The third-order valence-electron chi connectivity index (χ3n) is 6.10. The summed E-state index contributed by atoms with van der Waals surface area (Å²) in [4.78, 5) is 0. The monoisotopic (exact) mass is 377 g/mol. The minimum Gasteiger partial charge on any atom is -0.494 e. The Balaban J connectivity index is 1.71. The van der Waals surface area contributed by atoms with E-state index in [-0.39, 0.29) is 5.04 Å². The number of rotatable bonds is 8. The molecule has 0 atom stereocenters. The van der Waals surface area contributed by atoms with E-state index in [4.69, 9.17) is 9.16 Å². The van der Waals surface area contributed by atoms with Gasteiger partial charge in [-0.2, -0.15) is 0 Å². The van der Waals surface area contributed by atoms with Gasteiger partial charge in [-0.05, 0) is 93.0 Å². The largest absolute Gasteiger partial charge is 0.494 e. The van der Waals surface area contributed by atoms with Gasteiger partial charge >= 0.3 is 0 Å². The Labute approximate surface area is 162 Å². The Morgan fingerprint density at radius 1 is 1.08 bits per heavy atom. The van der Waals surface area contributed by atoms with Crippen LogP contribution in [0.5, 0.6) is 5.75 Å². The molecule has 4 heteroatoms. The van der Waals surface area contributed by atoms with Gasteiger partial charge in [0.25, 0.3) is 0 Å². The number of nitrogens with one attached hydrogen (secondary N) is 1. The summed E-state index contributed by atoms with van der Waals surface area (Å²) in [6.45, 7) is 17.6. The molecule has 0 radical (unpaired) electrons. The minimum absolute atomic E-state index is 0.289. The summed E-state index contributed by atoms with van der Waals surface area (Å²) < 4.78 is 12.2. The molecule has 26 heavy (non-hydrogen) atoms. The zero-order valence-corrected chi connectivity index (χ0v) is 18.8. The molecule has 1 fully saturated rings. The fourth-order valence-corrected chi connectivity index (χ4v) is 4.35. The Morgan fingerprint density at radius 2 is 1.73 bits per heavy atom. The van der Waals surface area contributed by atoms with Gasteiger partial charge in [-0.3, -0.25) is 0 Å². The third kappa shape index (κ3) is 6.10. The summed E-state index contributed by atoms with van der Waals surface area (Å²) in [6, 6.07) is 6.64. The maximum atomic E-state index is 6.23. The number of hydrogen-bond acceptors (Lipinski definition) is 3. The van der Waals surface area contributed by atoms with Crippen LogP contribution in [0.15, 0.2) is 18.2 Å². The van der Waals surface area contributed by atoms with E-state index in [1.807, 2.05) is 0 Å². The first-order valence-corrected chi connectivity index (χ1v) is 13.2. The first-order chi connectivity index (χ1) is 12.2. The van der Waals surface area contributed by atoms with E-state index in [0.29, 0.717) is 5.92 Å². The molecule has 0 amide bonds. The van der Waals surface area contributed by atoms with Crippen LogP contribution in [0, 0.1) is 6.92 Å². The molecule has 148 valence electrons. The number of benzene rings is 1. The van der Waals surface area contributed by atoms with Gasteiger partial charge < -0.3 is 14.5 Å². The number of ether oxygens (including phenoxy) is 1. The van der Waals surface area contributed by atoms with Crippen LogP contribution < -0.4 is 10.1 Å². The fraction of sp³-hybridized carbons (Fsp3) is 0.727. The second-order valence-electron chi connectivity index (χ2n) is 9.21. The van der Waals surface area contributed by atoms with E-state index < -0.39 is 8.32 Å². The first kappa shape index (κ1) is 21.5. The first-order valence-electron chi connectivity index (χ1n) is 10.3. The highest BCUT2D eigenvalue weighted by Gasteiger charge is 2.36. The second kappa shape index (κ2) is 9.38. The summed E-state index contributed by atoms with van der Waals surface area (Å²) in [6.07, 6.45) is 4.60. The van der Waals surface area contributed by atoms with Crippen LogP contribution in [0.2, 0.25) is 18.1 Å². The van der Waals surface area contributed by atoms with E-state index in [2.05, 4.69) is 64.3 Å². The molecule has 1 aliphatic rings. The smallest absolute Gasteiger partial charge is 0.191 e. The quantitative estimate of drug-likeness (QED) is 0.469. The van der Waals surface area contributed by atoms with Crippen LogP contribution in [-0.2, 0) is 4.43 Å². The van der Waals surface area contributed by atoms with Gasteiger partial charge in [-0.25, -0.2) is 0 Å². The molecule has 1 aromatic carbocycles. The van der Waals surface area contributed by atoms with Crippen molar-refractivity contribution in [1.82, 2.24) is 5.32 Å². The summed E-state index contributed by atoms with van der Waals surface area (Å²) in [5.41, 5.74) is 2.87. The highest BCUT2D eigenvalue weighted by molar-refractivity contribution is 6.74. The van der Waals surface area contributed by atoms with Gasteiger partial charge in [0.15, 0.2) is 8.32 Å². The second-order valence-corrected chi connectivity index (χ2v) is 14.0. The zero-order chi connectivity index (χ0) is 19.2. The van der Waals surface area contributed by atoms with Crippen molar-refractivity contribution >= 4 is 8.32 Å². The van der Waals surface area contributed by atoms with Crippen LogP contribution in [0.4, 0.5) is 0 Å². The third-order valence-corrected chi connectivity index (χ3v) is 10.6. The van der Waals surface area contributed by atoms with Crippen molar-refractivity contribution in [3.05, 3.63) is 29.3 Å². The van der Waals surface area contributed by atoms with Crippen molar-refractivity contribution in [2.45, 2.75) is 77.4 Å². The lowest BCUT2D eigenvalue weighted by atomic mass is 9.87. The fourth-order valence-electron chi connectivity index (χ4n) is 3.27. The van der Waals surface area contributed by atoms with Gasteiger partial charge in [0.05, 0.1) is 6.61 Å². The molecule has 0 spiro atoms. The minimum atomic E-state index is -1.60. The molecule has 1 aromatic rings. The lowest BCUT2D eigenvalue weighted by molar-refractivity contribution is 0.252. The molecular weight excluding hydrogens is 338 g/mol. The van der Waals surface area contributed by atoms with Gasteiger partial charge in [-0.15, -0.1) is 0 Å². The SMILES string of the molecule is Cc1cc(OCCCCO[Si](C)(C)C(C)(C)C)ccc1C1CCNCC1. The molecule has 0 saturated carbocycles. The van der Waals surface area contributed by atoms with E-state index in [0.717, 1.165) is 44.9 Å². The number of unbranched alkanes of at least 4 members (excludes halogenated alkanes) is 1. The van der Waals surface area contributed by atoms with Crippen LogP contribution in [0.3, 0.4) is 0 Å². The standard InChI is InChI=1S/C22H39NO2Si/c1-18-17-20(9-10-21(18)19-11-13-23-14-12-19)24-15-7-8-16-25-26(5,6)22(2,3)4/h9-10,17,19,23H,7-8,11-16H2,1-6H3. The topological polar surface area (TPSA) is 30.5 Å². The lowest BCUT2D eigenvalue weighted by Crippen LogP contribution is -2.41. The predicted molar refractivity (Wildman–Crippen MR) is 114 cm³/mol. The van der Waals surface area contributed by atoms with Crippen molar-refractivity contribution < 1.29 is 9.16 Å². The number of piperidine rings is 1. The Kier molecular flexibility index (Phi) is 7.74. The van der Waals surface area contributed by atoms with Gasteiger partial charge in [-0.1, -0.05) is 26.8 Å². The molecule has 0 bridgehead atoms. The summed E-state index contributed by atoms with van der Waals surface area (Å²) in [7, 11) is -1.60. The Bertz CT molecular complexity index is 560. The van der Waals surface area contributed by atoms with Crippen LogP contribution in [-0.4, -0.2) is 34.6 Å². The molecule has 1 aliphatic heterocycles. The molecule has 2 rings (SSSR count). The molecule has 0 unspecified atom stereocenters. The van der Waals surface area contributed by atoms with Crippen molar-refractivity contribution in [2.24, 2.45) is 0 Å². The molecule has 0 aromatic heterocycles. The molecule has 0 aliphatic carbocycles. The summed E-state index contributed by atoms with van der Waals surface area (Å²) in [5.74, 6) is 1.71. The van der Waals surface area contributed by atoms with Crippen LogP contribution in [0.1, 0.15) is 63.5 Å². The van der Waals surface area contributed by atoms with E-state index in [1.165, 1.54) is 24.0 Å². The van der Waals surface area contributed by atoms with Crippen molar-refractivity contribution in [3.63, 3.8) is 0 Å². The van der Waals surface area contributed by atoms with Gasteiger partial charge in [0, 0.05) is 6.61 Å². The van der Waals surface area contributed by atoms with E-state index >= 15 is 0 Å².